The molecule has 2 aromatic carbocycles. The van der Waals surface area contributed by atoms with Crippen LogP contribution in [0.1, 0.15) is 27.9 Å². The van der Waals surface area contributed by atoms with E-state index in [1.165, 1.54) is 12.1 Å². The first-order valence-corrected chi connectivity index (χ1v) is 8.45. The van der Waals surface area contributed by atoms with Crippen molar-refractivity contribution in [1.29, 1.82) is 0 Å². The minimum absolute atomic E-state index is 0.189. The Morgan fingerprint density at radius 1 is 1.04 bits per heavy atom. The maximum Gasteiger partial charge on any atom is 0.322 e. The molecule has 0 atom stereocenters. The molecule has 0 aliphatic heterocycles. The van der Waals surface area contributed by atoms with Gasteiger partial charge >= 0.3 is 5.97 Å². The number of aliphatic carboxylic acids is 1. The van der Waals surface area contributed by atoms with Crippen LogP contribution in [0, 0.1) is 13.8 Å². The van der Waals surface area contributed by atoms with Gasteiger partial charge < -0.3 is 20.5 Å². The summed E-state index contributed by atoms with van der Waals surface area (Å²) in [6, 6.07) is 12.1. The van der Waals surface area contributed by atoms with Crippen LogP contribution in [0.4, 0.5) is 5.69 Å². The van der Waals surface area contributed by atoms with Gasteiger partial charge in [0.25, 0.3) is 5.91 Å². The molecule has 0 aliphatic carbocycles. The molecule has 7 heteroatoms. The summed E-state index contributed by atoms with van der Waals surface area (Å²) in [6.07, 6.45) is 0.189. The van der Waals surface area contributed by atoms with Crippen LogP contribution in [0.5, 0.6) is 5.75 Å². The number of carbonyl (C=O) groups is 3. The zero-order valence-corrected chi connectivity index (χ0v) is 15.2. The molecule has 7 nitrogen and oxygen atoms in total. The molecule has 0 saturated carbocycles. The number of nitrogens with one attached hydrogen (secondary N) is 2. The van der Waals surface area contributed by atoms with Gasteiger partial charge in [-0.15, -0.1) is 0 Å². The minimum atomic E-state index is -1.12. The van der Waals surface area contributed by atoms with E-state index in [0.29, 0.717) is 11.3 Å². The number of anilines is 1. The van der Waals surface area contributed by atoms with Gasteiger partial charge in [-0.1, -0.05) is 12.1 Å². The van der Waals surface area contributed by atoms with Crippen molar-refractivity contribution < 1.29 is 24.2 Å². The topological polar surface area (TPSA) is 105 Å². The molecule has 0 fully saturated rings. The Labute approximate surface area is 157 Å². The van der Waals surface area contributed by atoms with Crippen LogP contribution < -0.4 is 15.4 Å². The molecule has 3 N–H and O–H groups in total. The van der Waals surface area contributed by atoms with Crippen molar-refractivity contribution >= 4 is 23.5 Å². The van der Waals surface area contributed by atoms with Gasteiger partial charge in [0, 0.05) is 11.3 Å². The minimum Gasteiger partial charge on any atom is -0.493 e. The number of ether oxygens (including phenoxy) is 1. The zero-order chi connectivity index (χ0) is 19.8. The standard InChI is InChI=1S/C20H22N2O5/c1-13-3-4-14(2)17(11-13)27-10-9-18(23)22-16-7-5-15(6-8-16)20(26)21-12-19(24)25/h3-8,11H,9-10,12H2,1-2H3,(H,21,26)(H,22,23)(H,24,25). The highest BCUT2D eigenvalue weighted by Gasteiger charge is 2.08. The van der Waals surface area contributed by atoms with Crippen LogP contribution >= 0.6 is 0 Å². The van der Waals surface area contributed by atoms with Gasteiger partial charge in [-0.2, -0.15) is 0 Å². The molecule has 0 radical (unpaired) electrons. The predicted molar refractivity (Wildman–Crippen MR) is 101 cm³/mol. The summed E-state index contributed by atoms with van der Waals surface area (Å²) in [7, 11) is 0. The quantitative estimate of drug-likeness (QED) is 0.662. The van der Waals surface area contributed by atoms with E-state index in [0.717, 1.165) is 16.9 Å². The van der Waals surface area contributed by atoms with E-state index in [4.69, 9.17) is 9.84 Å². The second-order valence-electron chi connectivity index (χ2n) is 6.07. The molecule has 0 heterocycles. The lowest BCUT2D eigenvalue weighted by Crippen LogP contribution is -2.29. The Kier molecular flexibility index (Phi) is 6.93. The fourth-order valence-corrected chi connectivity index (χ4v) is 2.30. The molecule has 0 aliphatic rings. The van der Waals surface area contributed by atoms with E-state index < -0.39 is 18.4 Å². The summed E-state index contributed by atoms with van der Waals surface area (Å²) in [6.45, 7) is 3.73. The number of amides is 2. The SMILES string of the molecule is Cc1ccc(C)c(OCCC(=O)Nc2ccc(C(=O)NCC(=O)O)cc2)c1. The van der Waals surface area contributed by atoms with Crippen molar-refractivity contribution in [2.75, 3.05) is 18.5 Å². The number of carbonyl (C=O) groups excluding carboxylic acids is 2. The molecule has 0 bridgehead atoms. The summed E-state index contributed by atoms with van der Waals surface area (Å²) in [5.74, 6) is -1.05. The van der Waals surface area contributed by atoms with Crippen LogP contribution in [0.2, 0.25) is 0 Å². The Bertz CT molecular complexity index is 831. The fourth-order valence-electron chi connectivity index (χ4n) is 2.30. The molecular formula is C20H22N2O5. The fraction of sp³-hybridized carbons (Fsp3) is 0.250. The zero-order valence-electron chi connectivity index (χ0n) is 15.2. The molecule has 142 valence electrons. The molecular weight excluding hydrogens is 348 g/mol. The van der Waals surface area contributed by atoms with Crippen LogP contribution in [-0.2, 0) is 9.59 Å². The van der Waals surface area contributed by atoms with Crippen molar-refractivity contribution in [3.63, 3.8) is 0 Å². The second kappa shape index (κ2) is 9.38. The molecule has 2 amide bonds. The summed E-state index contributed by atoms with van der Waals surface area (Å²) >= 11 is 0. The number of carboxylic acid groups (broad SMARTS) is 1. The summed E-state index contributed by atoms with van der Waals surface area (Å²) in [4.78, 5) is 34.2. The van der Waals surface area contributed by atoms with Gasteiger partial charge in [-0.25, -0.2) is 0 Å². The highest BCUT2D eigenvalue weighted by molar-refractivity contribution is 5.97. The maximum atomic E-state index is 12.0. The highest BCUT2D eigenvalue weighted by Crippen LogP contribution is 2.19. The third-order valence-electron chi connectivity index (χ3n) is 3.76. The number of benzene rings is 2. The van der Waals surface area contributed by atoms with E-state index in [-0.39, 0.29) is 18.9 Å². The molecule has 0 unspecified atom stereocenters. The van der Waals surface area contributed by atoms with E-state index in [1.807, 2.05) is 32.0 Å². The third-order valence-corrected chi connectivity index (χ3v) is 3.76. The van der Waals surface area contributed by atoms with E-state index in [1.54, 1.807) is 12.1 Å². The summed E-state index contributed by atoms with van der Waals surface area (Å²) in [5.41, 5.74) is 2.96. The Morgan fingerprint density at radius 2 is 1.74 bits per heavy atom. The van der Waals surface area contributed by atoms with Crippen molar-refractivity contribution in [3.8, 4) is 5.75 Å². The van der Waals surface area contributed by atoms with E-state index >= 15 is 0 Å². The second-order valence-corrected chi connectivity index (χ2v) is 6.07. The lowest BCUT2D eigenvalue weighted by atomic mass is 10.1. The Morgan fingerprint density at radius 3 is 2.41 bits per heavy atom. The number of rotatable bonds is 8. The lowest BCUT2D eigenvalue weighted by Gasteiger charge is -2.10. The lowest BCUT2D eigenvalue weighted by molar-refractivity contribution is -0.135. The average molecular weight is 370 g/mol. The first-order chi connectivity index (χ1) is 12.8. The largest absolute Gasteiger partial charge is 0.493 e. The molecule has 2 aromatic rings. The maximum absolute atomic E-state index is 12.0. The van der Waals surface area contributed by atoms with Gasteiger partial charge in [0.2, 0.25) is 5.91 Å². The molecule has 0 aromatic heterocycles. The average Bonchev–Trinajstić information content (AvgIpc) is 2.63. The van der Waals surface area contributed by atoms with Gasteiger partial charge in [0.15, 0.2) is 0 Å². The van der Waals surface area contributed by atoms with Crippen molar-refractivity contribution in [3.05, 3.63) is 59.2 Å². The normalized spacial score (nSPS) is 10.1. The summed E-state index contributed by atoms with van der Waals surface area (Å²) < 4.78 is 5.66. The molecule has 2 rings (SSSR count). The van der Waals surface area contributed by atoms with E-state index in [2.05, 4.69) is 10.6 Å². The van der Waals surface area contributed by atoms with Crippen molar-refractivity contribution in [2.24, 2.45) is 0 Å². The highest BCUT2D eigenvalue weighted by atomic mass is 16.5. The Balaban J connectivity index is 1.80. The number of carboxylic acids is 1. The van der Waals surface area contributed by atoms with Crippen LogP contribution in [0.3, 0.4) is 0 Å². The smallest absolute Gasteiger partial charge is 0.322 e. The van der Waals surface area contributed by atoms with Crippen LogP contribution in [-0.4, -0.2) is 36.0 Å². The van der Waals surface area contributed by atoms with Crippen LogP contribution in [0.15, 0.2) is 42.5 Å². The molecule has 0 saturated heterocycles. The van der Waals surface area contributed by atoms with Gasteiger partial charge in [-0.3, -0.25) is 14.4 Å². The van der Waals surface area contributed by atoms with Crippen molar-refractivity contribution in [1.82, 2.24) is 5.32 Å². The first-order valence-electron chi connectivity index (χ1n) is 8.45. The van der Waals surface area contributed by atoms with Gasteiger partial charge in [-0.05, 0) is 55.3 Å². The van der Waals surface area contributed by atoms with E-state index in [9.17, 15) is 14.4 Å². The monoisotopic (exact) mass is 370 g/mol. The number of hydrogen-bond acceptors (Lipinski definition) is 4. The number of aryl methyl sites for hydroxylation is 2. The van der Waals surface area contributed by atoms with Gasteiger partial charge in [0.1, 0.15) is 12.3 Å². The first kappa shape index (κ1) is 20.0. The predicted octanol–water partition coefficient (Wildman–Crippen LogP) is 2.53. The third kappa shape index (κ3) is 6.47. The number of hydrogen-bond donors (Lipinski definition) is 3. The molecule has 0 spiro atoms. The van der Waals surface area contributed by atoms with Gasteiger partial charge in [0.05, 0.1) is 13.0 Å². The Hall–Kier alpha value is -3.35. The van der Waals surface area contributed by atoms with Crippen LogP contribution in [0.25, 0.3) is 0 Å². The summed E-state index contributed by atoms with van der Waals surface area (Å²) in [5, 5.41) is 13.5. The molecule has 27 heavy (non-hydrogen) atoms. The van der Waals surface area contributed by atoms with Crippen molar-refractivity contribution in [2.45, 2.75) is 20.3 Å².